The normalized spacial score (nSPS) is 10.4. The zero-order chi connectivity index (χ0) is 11.5. The van der Waals surface area contributed by atoms with Crippen molar-refractivity contribution in [3.05, 3.63) is 41.0 Å². The SMILES string of the molecule is Nc1cnccc1Sc1ncc(Br)cc1F. The summed E-state index contributed by atoms with van der Waals surface area (Å²) in [5.41, 5.74) is 6.22. The average molecular weight is 300 g/mol. The molecule has 82 valence electrons. The van der Waals surface area contributed by atoms with E-state index in [1.807, 2.05) is 0 Å². The number of nitrogen functional groups attached to an aromatic ring is 1. The minimum atomic E-state index is -0.379. The van der Waals surface area contributed by atoms with E-state index in [2.05, 4.69) is 25.9 Å². The lowest BCUT2D eigenvalue weighted by Crippen LogP contribution is -1.91. The summed E-state index contributed by atoms with van der Waals surface area (Å²) in [4.78, 5) is 8.58. The van der Waals surface area contributed by atoms with Crippen molar-refractivity contribution in [3.8, 4) is 0 Å². The third-order valence-corrected chi connectivity index (χ3v) is 3.31. The summed E-state index contributed by atoms with van der Waals surface area (Å²) in [6.07, 6.45) is 4.68. The van der Waals surface area contributed by atoms with Gasteiger partial charge in [-0.05, 0) is 28.1 Å². The molecule has 0 unspecified atom stereocenters. The van der Waals surface area contributed by atoms with Crippen molar-refractivity contribution in [3.63, 3.8) is 0 Å². The average Bonchev–Trinajstić information content (AvgIpc) is 2.25. The lowest BCUT2D eigenvalue weighted by molar-refractivity contribution is 0.586. The molecule has 0 bridgehead atoms. The molecule has 0 aliphatic rings. The van der Waals surface area contributed by atoms with Crippen molar-refractivity contribution in [1.82, 2.24) is 9.97 Å². The van der Waals surface area contributed by atoms with Gasteiger partial charge in [0.15, 0.2) is 5.82 Å². The molecule has 0 spiro atoms. The van der Waals surface area contributed by atoms with Crippen LogP contribution < -0.4 is 5.73 Å². The Kier molecular flexibility index (Phi) is 3.40. The molecule has 2 aromatic heterocycles. The molecule has 0 saturated heterocycles. The van der Waals surface area contributed by atoms with E-state index in [0.717, 1.165) is 4.90 Å². The second-order valence-corrected chi connectivity index (χ2v) is 4.90. The fraction of sp³-hybridized carbons (Fsp3) is 0. The van der Waals surface area contributed by atoms with Crippen molar-refractivity contribution < 1.29 is 4.39 Å². The summed E-state index contributed by atoms with van der Waals surface area (Å²) in [7, 11) is 0. The van der Waals surface area contributed by atoms with E-state index in [1.165, 1.54) is 24.0 Å². The molecule has 2 aromatic rings. The Hall–Kier alpha value is -1.14. The predicted molar refractivity (Wildman–Crippen MR) is 64.7 cm³/mol. The molecule has 16 heavy (non-hydrogen) atoms. The van der Waals surface area contributed by atoms with Gasteiger partial charge in [0.05, 0.1) is 11.9 Å². The molecule has 2 rings (SSSR count). The molecule has 6 heteroatoms. The first-order chi connectivity index (χ1) is 7.66. The summed E-state index contributed by atoms with van der Waals surface area (Å²) in [6, 6.07) is 3.09. The van der Waals surface area contributed by atoms with E-state index >= 15 is 0 Å². The number of halogens is 2. The lowest BCUT2D eigenvalue weighted by atomic mass is 10.4. The van der Waals surface area contributed by atoms with Gasteiger partial charge in [-0.15, -0.1) is 0 Å². The van der Waals surface area contributed by atoms with Crippen molar-refractivity contribution >= 4 is 33.4 Å². The molecule has 0 atom stereocenters. The van der Waals surface area contributed by atoms with Gasteiger partial charge < -0.3 is 5.73 Å². The molecule has 0 fully saturated rings. The number of aromatic nitrogens is 2. The Morgan fingerprint density at radius 2 is 2.19 bits per heavy atom. The first-order valence-electron chi connectivity index (χ1n) is 4.35. The summed E-state index contributed by atoms with van der Waals surface area (Å²) in [5.74, 6) is -0.379. The Morgan fingerprint density at radius 3 is 2.88 bits per heavy atom. The van der Waals surface area contributed by atoms with Gasteiger partial charge in [-0.25, -0.2) is 9.37 Å². The van der Waals surface area contributed by atoms with Gasteiger partial charge in [0.2, 0.25) is 0 Å². The Bertz CT molecular complexity index is 521. The fourth-order valence-electron chi connectivity index (χ4n) is 1.07. The molecule has 3 nitrogen and oxygen atoms in total. The van der Waals surface area contributed by atoms with E-state index in [0.29, 0.717) is 15.2 Å². The van der Waals surface area contributed by atoms with E-state index in [9.17, 15) is 4.39 Å². The van der Waals surface area contributed by atoms with Crippen molar-refractivity contribution in [2.75, 3.05) is 5.73 Å². The topological polar surface area (TPSA) is 51.8 Å². The number of rotatable bonds is 2. The molecule has 0 aliphatic heterocycles. The van der Waals surface area contributed by atoms with Crippen molar-refractivity contribution in [1.29, 1.82) is 0 Å². The number of pyridine rings is 2. The smallest absolute Gasteiger partial charge is 0.156 e. The number of nitrogens with zero attached hydrogens (tertiary/aromatic N) is 2. The van der Waals surface area contributed by atoms with Gasteiger partial charge in [-0.1, -0.05) is 11.8 Å². The van der Waals surface area contributed by atoms with Crippen LogP contribution in [0.2, 0.25) is 0 Å². The Balaban J connectivity index is 2.31. The first kappa shape index (κ1) is 11.3. The van der Waals surface area contributed by atoms with Gasteiger partial charge in [-0.2, -0.15) is 0 Å². The number of hydrogen-bond donors (Lipinski definition) is 1. The van der Waals surface area contributed by atoms with Gasteiger partial charge in [0.25, 0.3) is 0 Å². The van der Waals surface area contributed by atoms with Crippen LogP contribution in [0.5, 0.6) is 0 Å². The van der Waals surface area contributed by atoms with Crippen LogP contribution in [-0.2, 0) is 0 Å². The second-order valence-electron chi connectivity index (χ2n) is 2.96. The maximum absolute atomic E-state index is 13.5. The molecule has 0 radical (unpaired) electrons. The third-order valence-electron chi connectivity index (χ3n) is 1.79. The van der Waals surface area contributed by atoms with Crippen LogP contribution in [0.4, 0.5) is 10.1 Å². The number of anilines is 1. The molecule has 0 aliphatic carbocycles. The van der Waals surface area contributed by atoms with Gasteiger partial charge in [0, 0.05) is 21.8 Å². The van der Waals surface area contributed by atoms with Gasteiger partial charge in [-0.3, -0.25) is 4.98 Å². The standard InChI is InChI=1S/C10H7BrFN3S/c11-6-3-7(12)10(15-4-6)16-9-1-2-14-5-8(9)13/h1-5H,13H2. The molecule has 2 heterocycles. The number of hydrogen-bond acceptors (Lipinski definition) is 4. The van der Waals surface area contributed by atoms with Gasteiger partial charge in [0.1, 0.15) is 5.03 Å². The largest absolute Gasteiger partial charge is 0.397 e. The summed E-state index contributed by atoms with van der Waals surface area (Å²) < 4.78 is 14.1. The first-order valence-corrected chi connectivity index (χ1v) is 5.96. The molecule has 0 amide bonds. The maximum Gasteiger partial charge on any atom is 0.156 e. The van der Waals surface area contributed by atoms with Crippen LogP contribution in [0.3, 0.4) is 0 Å². The van der Waals surface area contributed by atoms with E-state index in [-0.39, 0.29) is 5.82 Å². The van der Waals surface area contributed by atoms with Crippen molar-refractivity contribution in [2.24, 2.45) is 0 Å². The highest BCUT2D eigenvalue weighted by Crippen LogP contribution is 2.32. The van der Waals surface area contributed by atoms with Crippen LogP contribution in [0.15, 0.2) is 45.1 Å². The Morgan fingerprint density at radius 1 is 1.38 bits per heavy atom. The minimum absolute atomic E-state index is 0.293. The van der Waals surface area contributed by atoms with Crippen molar-refractivity contribution in [2.45, 2.75) is 9.92 Å². The van der Waals surface area contributed by atoms with E-state index in [4.69, 9.17) is 5.73 Å². The molecular weight excluding hydrogens is 293 g/mol. The summed E-state index contributed by atoms with van der Waals surface area (Å²) >= 11 is 4.33. The highest BCUT2D eigenvalue weighted by atomic mass is 79.9. The molecule has 0 saturated carbocycles. The second kappa shape index (κ2) is 4.80. The third kappa shape index (κ3) is 2.51. The fourth-order valence-corrected chi connectivity index (χ4v) is 2.14. The number of nitrogens with two attached hydrogens (primary N) is 1. The van der Waals surface area contributed by atoms with Crippen LogP contribution in [0.1, 0.15) is 0 Å². The van der Waals surface area contributed by atoms with Crippen LogP contribution in [-0.4, -0.2) is 9.97 Å². The summed E-state index contributed by atoms with van der Waals surface area (Å²) in [6.45, 7) is 0. The highest BCUT2D eigenvalue weighted by Gasteiger charge is 2.08. The molecule has 0 aromatic carbocycles. The lowest BCUT2D eigenvalue weighted by Gasteiger charge is -2.04. The quantitative estimate of drug-likeness (QED) is 0.926. The van der Waals surface area contributed by atoms with Crippen LogP contribution in [0, 0.1) is 5.82 Å². The van der Waals surface area contributed by atoms with Gasteiger partial charge >= 0.3 is 0 Å². The molecule has 2 N–H and O–H groups in total. The zero-order valence-corrected chi connectivity index (χ0v) is 10.4. The maximum atomic E-state index is 13.5. The van der Waals surface area contributed by atoms with E-state index < -0.39 is 0 Å². The summed E-state index contributed by atoms with van der Waals surface area (Å²) in [5, 5.41) is 0.293. The van der Waals surface area contributed by atoms with Crippen LogP contribution in [0.25, 0.3) is 0 Å². The Labute approximate surface area is 104 Å². The minimum Gasteiger partial charge on any atom is -0.397 e. The van der Waals surface area contributed by atoms with Crippen LogP contribution >= 0.6 is 27.7 Å². The molecular formula is C10H7BrFN3S. The van der Waals surface area contributed by atoms with E-state index in [1.54, 1.807) is 18.5 Å². The predicted octanol–water partition coefficient (Wildman–Crippen LogP) is 3.11. The highest BCUT2D eigenvalue weighted by molar-refractivity contribution is 9.10. The zero-order valence-electron chi connectivity index (χ0n) is 8.02. The monoisotopic (exact) mass is 299 g/mol.